The fraction of sp³-hybridized carbons (Fsp3) is 0.300. The lowest BCUT2D eigenvalue weighted by Crippen LogP contribution is -2.36. The number of carbonyl (C=O) groups excluding carboxylic acids is 1. The van der Waals surface area contributed by atoms with Crippen molar-refractivity contribution < 1.29 is 22.7 Å². The molecule has 0 saturated carbocycles. The molecule has 1 atom stereocenters. The molecule has 3 rings (SSSR count). The van der Waals surface area contributed by atoms with Crippen LogP contribution in [-0.4, -0.2) is 48.4 Å². The molecule has 0 aliphatic carbocycles. The molecule has 0 bridgehead atoms. The first-order valence-corrected chi connectivity index (χ1v) is 9.37. The molecular weight excluding hydrogens is 413 g/mol. The number of carbonyl (C=O) groups is 1. The maximum atomic E-state index is 12.3. The number of hydrogen-bond donors (Lipinski definition) is 4. The zero-order valence-electron chi connectivity index (χ0n) is 16.9. The van der Waals surface area contributed by atoms with Crippen LogP contribution in [0.2, 0.25) is 0 Å². The molecule has 11 heteroatoms. The van der Waals surface area contributed by atoms with Gasteiger partial charge in [-0.3, -0.25) is 9.78 Å². The van der Waals surface area contributed by atoms with Gasteiger partial charge in [-0.25, -0.2) is 5.84 Å². The Morgan fingerprint density at radius 3 is 2.65 bits per heavy atom. The van der Waals surface area contributed by atoms with Crippen LogP contribution in [0.25, 0.3) is 11.1 Å². The summed E-state index contributed by atoms with van der Waals surface area (Å²) >= 11 is 0. The minimum absolute atomic E-state index is 0.0569. The Kier molecular flexibility index (Phi) is 8.64. The highest BCUT2D eigenvalue weighted by Crippen LogP contribution is 2.28. The van der Waals surface area contributed by atoms with E-state index in [4.69, 9.17) is 11.6 Å². The molecule has 1 aromatic carbocycles. The first-order valence-electron chi connectivity index (χ1n) is 9.37. The highest BCUT2D eigenvalue weighted by Gasteiger charge is 2.31. The van der Waals surface area contributed by atoms with Gasteiger partial charge in [-0.1, -0.05) is 12.1 Å². The summed E-state index contributed by atoms with van der Waals surface area (Å²) in [7, 11) is 1.70. The van der Waals surface area contributed by atoms with E-state index in [9.17, 15) is 18.0 Å². The molecule has 1 amide bonds. The normalized spacial score (nSPS) is 15.8. The van der Waals surface area contributed by atoms with Crippen LogP contribution in [0.15, 0.2) is 55.0 Å². The van der Waals surface area contributed by atoms with Gasteiger partial charge in [-0.05, 0) is 48.4 Å². The minimum Gasteiger partial charge on any atom is -0.406 e. The largest absolute Gasteiger partial charge is 0.573 e. The summed E-state index contributed by atoms with van der Waals surface area (Å²) in [6, 6.07) is 8.82. The number of hydrazine groups is 1. The molecule has 1 aromatic heterocycles. The van der Waals surface area contributed by atoms with Crippen LogP contribution in [0.1, 0.15) is 16.9 Å². The summed E-state index contributed by atoms with van der Waals surface area (Å²) in [5.74, 6) is 4.45. The molecule has 1 aliphatic rings. The average Bonchev–Trinajstić information content (AvgIpc) is 3.20. The standard InChI is InChI=1S/C17H16F3N3O2.C3H9N3/c18-17(19,20)25-14-3-1-2-11(8-14)12-4-7-22-15(9-12)16(24)23-13-5-6-21-10-13;1-6(5)3-2-4/h1-4,7-9,13,21H,5-6,10H2,(H,23,24);2-3H,4-5H2,1H3/b;3-2-. The van der Waals surface area contributed by atoms with E-state index in [0.717, 1.165) is 13.0 Å². The van der Waals surface area contributed by atoms with Crippen LogP contribution in [0.5, 0.6) is 5.75 Å². The van der Waals surface area contributed by atoms with E-state index in [0.29, 0.717) is 17.7 Å². The Morgan fingerprint density at radius 2 is 2.06 bits per heavy atom. The lowest BCUT2D eigenvalue weighted by molar-refractivity contribution is -0.274. The molecule has 2 aromatic rings. The number of nitrogens with two attached hydrogens (primary N) is 2. The molecule has 8 nitrogen and oxygen atoms in total. The molecule has 6 N–H and O–H groups in total. The van der Waals surface area contributed by atoms with Crippen molar-refractivity contribution in [2.75, 3.05) is 20.1 Å². The number of ether oxygens (including phenoxy) is 1. The van der Waals surface area contributed by atoms with Crippen LogP contribution in [0.3, 0.4) is 0 Å². The summed E-state index contributed by atoms with van der Waals surface area (Å²) in [5.41, 5.74) is 6.22. The van der Waals surface area contributed by atoms with Gasteiger partial charge in [-0.15, -0.1) is 13.2 Å². The van der Waals surface area contributed by atoms with Gasteiger partial charge in [0, 0.05) is 38.2 Å². The maximum absolute atomic E-state index is 12.3. The number of nitrogens with zero attached hydrogens (tertiary/aromatic N) is 2. The van der Waals surface area contributed by atoms with Gasteiger partial charge >= 0.3 is 6.36 Å². The number of alkyl halides is 3. The lowest BCUT2D eigenvalue weighted by Gasteiger charge is -2.12. The zero-order valence-corrected chi connectivity index (χ0v) is 16.9. The van der Waals surface area contributed by atoms with E-state index >= 15 is 0 Å². The van der Waals surface area contributed by atoms with Crippen molar-refractivity contribution in [3.63, 3.8) is 0 Å². The molecule has 1 saturated heterocycles. The number of nitrogens with one attached hydrogen (secondary N) is 2. The first-order chi connectivity index (χ1) is 14.7. The average molecular weight is 438 g/mol. The molecular formula is C20H25F3N6O2. The van der Waals surface area contributed by atoms with Crippen LogP contribution >= 0.6 is 0 Å². The van der Waals surface area contributed by atoms with E-state index < -0.39 is 6.36 Å². The molecule has 2 heterocycles. The maximum Gasteiger partial charge on any atom is 0.573 e. The highest BCUT2D eigenvalue weighted by molar-refractivity contribution is 5.93. The van der Waals surface area contributed by atoms with Gasteiger partial charge in [0.1, 0.15) is 11.4 Å². The number of aromatic nitrogens is 1. The molecule has 0 spiro atoms. The topological polar surface area (TPSA) is 119 Å². The lowest BCUT2D eigenvalue weighted by atomic mass is 10.1. The predicted octanol–water partition coefficient (Wildman–Crippen LogP) is 1.96. The number of rotatable bonds is 5. The van der Waals surface area contributed by atoms with Gasteiger partial charge in [0.15, 0.2) is 0 Å². The summed E-state index contributed by atoms with van der Waals surface area (Å²) in [4.78, 5) is 16.3. The monoisotopic (exact) mass is 438 g/mol. The van der Waals surface area contributed by atoms with Crippen LogP contribution in [0, 0.1) is 0 Å². The molecule has 1 fully saturated rings. The second kappa shape index (κ2) is 11.2. The van der Waals surface area contributed by atoms with Crippen LogP contribution in [0.4, 0.5) is 13.2 Å². The van der Waals surface area contributed by atoms with E-state index in [1.807, 2.05) is 0 Å². The van der Waals surface area contributed by atoms with Gasteiger partial charge in [0.2, 0.25) is 0 Å². The van der Waals surface area contributed by atoms with Crippen molar-refractivity contribution in [1.82, 2.24) is 20.6 Å². The summed E-state index contributed by atoms with van der Waals surface area (Å²) in [6.07, 6.45) is 0.480. The Balaban J connectivity index is 0.000000501. The third-order valence-electron chi connectivity index (χ3n) is 4.11. The fourth-order valence-corrected chi connectivity index (χ4v) is 2.78. The number of hydrogen-bond acceptors (Lipinski definition) is 7. The second-order valence-electron chi connectivity index (χ2n) is 6.68. The molecule has 0 radical (unpaired) electrons. The predicted molar refractivity (Wildman–Crippen MR) is 110 cm³/mol. The second-order valence-corrected chi connectivity index (χ2v) is 6.68. The summed E-state index contributed by atoms with van der Waals surface area (Å²) in [6.45, 7) is 1.56. The Hall–Kier alpha value is -3.31. The highest BCUT2D eigenvalue weighted by atomic mass is 19.4. The molecule has 31 heavy (non-hydrogen) atoms. The van der Waals surface area contributed by atoms with Crippen molar-refractivity contribution >= 4 is 5.91 Å². The van der Waals surface area contributed by atoms with Crippen molar-refractivity contribution in [2.45, 2.75) is 18.8 Å². The Morgan fingerprint density at radius 1 is 1.32 bits per heavy atom. The van der Waals surface area contributed by atoms with Gasteiger partial charge in [0.25, 0.3) is 5.91 Å². The number of halogens is 3. The van der Waals surface area contributed by atoms with Gasteiger partial charge in [0.05, 0.1) is 0 Å². The minimum atomic E-state index is -4.75. The quantitative estimate of drug-likeness (QED) is 0.416. The fourth-order valence-electron chi connectivity index (χ4n) is 2.78. The first kappa shape index (κ1) is 24.0. The summed E-state index contributed by atoms with van der Waals surface area (Å²) in [5, 5.41) is 7.40. The number of pyridine rings is 1. The smallest absolute Gasteiger partial charge is 0.406 e. The number of amides is 1. The van der Waals surface area contributed by atoms with E-state index in [-0.39, 0.29) is 23.4 Å². The molecule has 1 unspecified atom stereocenters. The van der Waals surface area contributed by atoms with E-state index in [1.54, 1.807) is 31.4 Å². The van der Waals surface area contributed by atoms with E-state index in [1.165, 1.54) is 35.6 Å². The van der Waals surface area contributed by atoms with Crippen LogP contribution < -0.4 is 26.9 Å². The van der Waals surface area contributed by atoms with Crippen molar-refractivity contribution in [3.8, 4) is 16.9 Å². The van der Waals surface area contributed by atoms with Gasteiger partial charge < -0.3 is 26.1 Å². The van der Waals surface area contributed by atoms with Crippen molar-refractivity contribution in [2.24, 2.45) is 11.6 Å². The van der Waals surface area contributed by atoms with Crippen molar-refractivity contribution in [1.29, 1.82) is 0 Å². The Labute approximate surface area is 178 Å². The third-order valence-corrected chi connectivity index (χ3v) is 4.11. The Bertz CT molecular complexity index is 883. The van der Waals surface area contributed by atoms with Crippen LogP contribution in [-0.2, 0) is 0 Å². The molecule has 168 valence electrons. The van der Waals surface area contributed by atoms with Gasteiger partial charge in [-0.2, -0.15) is 0 Å². The third kappa shape index (κ3) is 8.52. The SMILES string of the molecule is CN(N)/C=C\N.O=C(NC1CCNC1)c1cc(-c2cccc(OC(F)(F)F)c2)ccn1. The number of benzene rings is 1. The van der Waals surface area contributed by atoms with E-state index in [2.05, 4.69) is 20.4 Å². The summed E-state index contributed by atoms with van der Waals surface area (Å²) < 4.78 is 41.0. The molecule has 1 aliphatic heterocycles. The van der Waals surface area contributed by atoms with Crippen molar-refractivity contribution in [3.05, 3.63) is 60.7 Å². The zero-order chi connectivity index (χ0) is 22.9.